The van der Waals surface area contributed by atoms with Gasteiger partial charge in [0.1, 0.15) is 5.78 Å². The average molecular weight is 241 g/mol. The van der Waals surface area contributed by atoms with Gasteiger partial charge in [-0.2, -0.15) is 0 Å². The van der Waals surface area contributed by atoms with Gasteiger partial charge in [-0.3, -0.25) is 14.5 Å². The Bertz CT molecular complexity index is 269. The summed E-state index contributed by atoms with van der Waals surface area (Å²) in [7, 11) is 5.99. The zero-order valence-electron chi connectivity index (χ0n) is 11.1. The molecule has 0 unspecified atom stereocenters. The second-order valence-corrected chi connectivity index (χ2v) is 4.96. The largest absolute Gasteiger partial charge is 0.341 e. The number of carbonyl (C=O) groups is 2. The summed E-state index contributed by atoms with van der Waals surface area (Å²) in [6.45, 7) is 3.47. The van der Waals surface area contributed by atoms with E-state index in [9.17, 15) is 9.59 Å². The van der Waals surface area contributed by atoms with Crippen LogP contribution in [0, 0.1) is 0 Å². The SMILES string of the molecule is CN(C)CCN(C)CC(=O)N1CCC(=O)CC1. The van der Waals surface area contributed by atoms with Crippen molar-refractivity contribution in [2.24, 2.45) is 0 Å². The normalized spacial score (nSPS) is 17.0. The molecule has 0 aromatic heterocycles. The second-order valence-electron chi connectivity index (χ2n) is 4.96. The Hall–Kier alpha value is -0.940. The van der Waals surface area contributed by atoms with Crippen molar-refractivity contribution in [1.29, 1.82) is 0 Å². The Kier molecular flexibility index (Phi) is 5.58. The van der Waals surface area contributed by atoms with Crippen molar-refractivity contribution in [3.63, 3.8) is 0 Å². The van der Waals surface area contributed by atoms with E-state index < -0.39 is 0 Å². The summed E-state index contributed by atoms with van der Waals surface area (Å²) in [5, 5.41) is 0. The summed E-state index contributed by atoms with van der Waals surface area (Å²) < 4.78 is 0. The molecule has 1 heterocycles. The van der Waals surface area contributed by atoms with Gasteiger partial charge in [0, 0.05) is 39.0 Å². The van der Waals surface area contributed by atoms with Gasteiger partial charge < -0.3 is 9.80 Å². The molecule has 1 fully saturated rings. The molecule has 5 heteroatoms. The van der Waals surface area contributed by atoms with Crippen molar-refractivity contribution in [3.8, 4) is 0 Å². The van der Waals surface area contributed by atoms with Crippen molar-refractivity contribution < 1.29 is 9.59 Å². The van der Waals surface area contributed by atoms with Crippen LogP contribution in [0.3, 0.4) is 0 Å². The van der Waals surface area contributed by atoms with E-state index in [0.717, 1.165) is 13.1 Å². The fraction of sp³-hybridized carbons (Fsp3) is 0.833. The first-order valence-electron chi connectivity index (χ1n) is 6.12. The van der Waals surface area contributed by atoms with Crippen molar-refractivity contribution in [2.75, 3.05) is 53.9 Å². The maximum Gasteiger partial charge on any atom is 0.236 e. The number of amides is 1. The molecule has 98 valence electrons. The molecule has 1 saturated heterocycles. The number of rotatable bonds is 5. The Morgan fingerprint density at radius 1 is 1.18 bits per heavy atom. The minimum atomic E-state index is 0.138. The molecule has 1 aliphatic heterocycles. The lowest BCUT2D eigenvalue weighted by atomic mass is 10.1. The molecule has 17 heavy (non-hydrogen) atoms. The summed E-state index contributed by atoms with van der Waals surface area (Å²) in [5.41, 5.74) is 0. The molecule has 0 aromatic rings. The fourth-order valence-corrected chi connectivity index (χ4v) is 1.79. The van der Waals surface area contributed by atoms with E-state index in [1.807, 2.05) is 26.0 Å². The van der Waals surface area contributed by atoms with Crippen LogP contribution >= 0.6 is 0 Å². The van der Waals surface area contributed by atoms with Gasteiger partial charge in [0.15, 0.2) is 0 Å². The van der Waals surface area contributed by atoms with Crippen molar-refractivity contribution >= 4 is 11.7 Å². The number of carbonyl (C=O) groups excluding carboxylic acids is 2. The summed E-state index contributed by atoms with van der Waals surface area (Å²) in [4.78, 5) is 28.9. The van der Waals surface area contributed by atoms with Crippen molar-refractivity contribution in [2.45, 2.75) is 12.8 Å². The highest BCUT2D eigenvalue weighted by atomic mass is 16.2. The molecule has 1 rings (SSSR count). The average Bonchev–Trinajstić information content (AvgIpc) is 2.27. The molecule has 1 aliphatic rings. The molecular formula is C12H23N3O2. The number of likely N-dealkylation sites (tertiary alicyclic amines) is 1. The van der Waals surface area contributed by atoms with E-state index in [4.69, 9.17) is 0 Å². The first kappa shape index (κ1) is 14.1. The molecule has 0 saturated carbocycles. The molecule has 1 amide bonds. The molecule has 0 atom stereocenters. The van der Waals surface area contributed by atoms with Gasteiger partial charge in [-0.05, 0) is 21.1 Å². The zero-order chi connectivity index (χ0) is 12.8. The molecule has 5 nitrogen and oxygen atoms in total. The molecule has 0 aliphatic carbocycles. The van der Waals surface area contributed by atoms with Crippen molar-refractivity contribution in [3.05, 3.63) is 0 Å². The van der Waals surface area contributed by atoms with Crippen molar-refractivity contribution in [1.82, 2.24) is 14.7 Å². The fourth-order valence-electron chi connectivity index (χ4n) is 1.79. The minimum Gasteiger partial charge on any atom is -0.341 e. The van der Waals surface area contributed by atoms with Crippen LogP contribution in [0.4, 0.5) is 0 Å². The maximum absolute atomic E-state index is 11.9. The van der Waals surface area contributed by atoms with Gasteiger partial charge in [-0.1, -0.05) is 0 Å². The predicted molar refractivity (Wildman–Crippen MR) is 66.9 cm³/mol. The zero-order valence-corrected chi connectivity index (χ0v) is 11.1. The van der Waals surface area contributed by atoms with Gasteiger partial charge >= 0.3 is 0 Å². The monoisotopic (exact) mass is 241 g/mol. The Balaban J connectivity index is 2.26. The molecule has 0 spiro atoms. The third-order valence-electron chi connectivity index (χ3n) is 3.01. The van der Waals surface area contributed by atoms with Crippen LogP contribution in [-0.2, 0) is 9.59 Å². The Labute approximate surface area is 103 Å². The second kappa shape index (κ2) is 6.71. The molecule has 0 radical (unpaired) electrons. The molecule has 0 N–H and O–H groups in total. The number of hydrogen-bond acceptors (Lipinski definition) is 4. The van der Waals surface area contributed by atoms with Crippen LogP contribution in [0.15, 0.2) is 0 Å². The highest BCUT2D eigenvalue weighted by Crippen LogP contribution is 2.06. The van der Waals surface area contributed by atoms with Crippen LogP contribution in [0.2, 0.25) is 0 Å². The van der Waals surface area contributed by atoms with E-state index in [-0.39, 0.29) is 11.7 Å². The highest BCUT2D eigenvalue weighted by molar-refractivity contribution is 5.84. The molecule has 0 bridgehead atoms. The lowest BCUT2D eigenvalue weighted by Crippen LogP contribution is -2.44. The number of hydrogen-bond donors (Lipinski definition) is 0. The van der Waals surface area contributed by atoms with Gasteiger partial charge in [-0.25, -0.2) is 0 Å². The van der Waals surface area contributed by atoms with E-state index in [1.165, 1.54) is 0 Å². The number of piperidine rings is 1. The van der Waals surface area contributed by atoms with Crippen LogP contribution in [0.25, 0.3) is 0 Å². The summed E-state index contributed by atoms with van der Waals surface area (Å²) in [6, 6.07) is 0. The minimum absolute atomic E-state index is 0.138. The first-order valence-corrected chi connectivity index (χ1v) is 6.12. The number of Topliss-reactive ketones (excluding diaryl/α,β-unsaturated/α-hetero) is 1. The molecular weight excluding hydrogens is 218 g/mol. The van der Waals surface area contributed by atoms with Gasteiger partial charge in [0.25, 0.3) is 0 Å². The van der Waals surface area contributed by atoms with Crippen LogP contribution < -0.4 is 0 Å². The van der Waals surface area contributed by atoms with Gasteiger partial charge in [0.05, 0.1) is 6.54 Å². The van der Waals surface area contributed by atoms with Gasteiger partial charge in [-0.15, -0.1) is 0 Å². The number of ketones is 1. The quantitative estimate of drug-likeness (QED) is 0.661. The summed E-state index contributed by atoms with van der Waals surface area (Å²) in [5.74, 6) is 0.411. The van der Waals surface area contributed by atoms with E-state index >= 15 is 0 Å². The number of likely N-dealkylation sites (N-methyl/N-ethyl adjacent to an activating group) is 2. The van der Waals surface area contributed by atoms with Gasteiger partial charge in [0.2, 0.25) is 5.91 Å². The van der Waals surface area contributed by atoms with E-state index in [2.05, 4.69) is 4.90 Å². The maximum atomic E-state index is 11.9. The number of nitrogens with zero attached hydrogens (tertiary/aromatic N) is 3. The third-order valence-corrected chi connectivity index (χ3v) is 3.01. The van der Waals surface area contributed by atoms with Crippen LogP contribution in [0.1, 0.15) is 12.8 Å². The lowest BCUT2D eigenvalue weighted by Gasteiger charge is -2.28. The lowest BCUT2D eigenvalue weighted by molar-refractivity contribution is -0.135. The smallest absolute Gasteiger partial charge is 0.236 e. The Morgan fingerprint density at radius 3 is 2.29 bits per heavy atom. The highest BCUT2D eigenvalue weighted by Gasteiger charge is 2.21. The van der Waals surface area contributed by atoms with E-state index in [1.54, 1.807) is 4.90 Å². The topological polar surface area (TPSA) is 43.9 Å². The van der Waals surface area contributed by atoms with Crippen LogP contribution in [-0.4, -0.2) is 80.3 Å². The van der Waals surface area contributed by atoms with Crippen LogP contribution in [0.5, 0.6) is 0 Å². The summed E-state index contributed by atoms with van der Waals surface area (Å²) in [6.07, 6.45) is 1.04. The standard InChI is InChI=1S/C12H23N3O2/c1-13(2)8-9-14(3)10-12(17)15-6-4-11(16)5-7-15/h4-10H2,1-3H3. The molecule has 0 aromatic carbocycles. The first-order chi connectivity index (χ1) is 7.99. The van der Waals surface area contributed by atoms with E-state index in [0.29, 0.717) is 32.5 Å². The Morgan fingerprint density at radius 2 is 1.76 bits per heavy atom. The summed E-state index contributed by atoms with van der Waals surface area (Å²) >= 11 is 0. The predicted octanol–water partition coefficient (Wildman–Crippen LogP) is -0.329. The third kappa shape index (κ3) is 5.28.